The lowest BCUT2D eigenvalue weighted by Crippen LogP contribution is -2.39. The standard InChI is InChI=1S/C16H23ClN2O2S/c1-9(12-5-6-13(17)22-12)18-14-10-7-19(8-11(10)14)15(20)21-16(2,3)4/h5-6,9-11,14,18H,7-8H2,1-4H3. The third kappa shape index (κ3) is 3.42. The van der Waals surface area contributed by atoms with Gasteiger partial charge in [0.25, 0.3) is 0 Å². The summed E-state index contributed by atoms with van der Waals surface area (Å²) < 4.78 is 6.26. The maximum Gasteiger partial charge on any atom is 0.410 e. The molecule has 3 unspecified atom stereocenters. The number of likely N-dealkylation sites (tertiary alicyclic amines) is 1. The van der Waals surface area contributed by atoms with Crippen LogP contribution >= 0.6 is 22.9 Å². The summed E-state index contributed by atoms with van der Waals surface area (Å²) in [4.78, 5) is 15.2. The monoisotopic (exact) mass is 342 g/mol. The highest BCUT2D eigenvalue weighted by molar-refractivity contribution is 7.16. The Labute approximate surface area is 140 Å². The molecule has 22 heavy (non-hydrogen) atoms. The van der Waals surface area contributed by atoms with Crippen LogP contribution in [0.25, 0.3) is 0 Å². The lowest BCUT2D eigenvalue weighted by atomic mass is 10.2. The van der Waals surface area contributed by atoms with Crippen molar-refractivity contribution in [3.05, 3.63) is 21.3 Å². The number of thiophene rings is 1. The Morgan fingerprint density at radius 1 is 1.41 bits per heavy atom. The van der Waals surface area contributed by atoms with Crippen molar-refractivity contribution in [2.75, 3.05) is 13.1 Å². The van der Waals surface area contributed by atoms with Gasteiger partial charge in [-0.3, -0.25) is 0 Å². The molecule has 0 radical (unpaired) electrons. The van der Waals surface area contributed by atoms with Crippen LogP contribution in [0.2, 0.25) is 4.34 Å². The molecular formula is C16H23ClN2O2S. The van der Waals surface area contributed by atoms with Gasteiger partial charge in [-0.15, -0.1) is 11.3 Å². The van der Waals surface area contributed by atoms with Gasteiger partial charge < -0.3 is 15.0 Å². The van der Waals surface area contributed by atoms with E-state index < -0.39 is 5.60 Å². The molecule has 3 rings (SSSR count). The minimum atomic E-state index is -0.422. The highest BCUT2D eigenvalue weighted by atomic mass is 35.5. The van der Waals surface area contributed by atoms with Crippen LogP contribution in [0.15, 0.2) is 12.1 Å². The summed E-state index contributed by atoms with van der Waals surface area (Å²) in [6.45, 7) is 9.48. The van der Waals surface area contributed by atoms with Gasteiger partial charge in [0.2, 0.25) is 0 Å². The first kappa shape index (κ1) is 16.1. The molecule has 1 saturated heterocycles. The van der Waals surface area contributed by atoms with E-state index in [-0.39, 0.29) is 6.09 Å². The minimum Gasteiger partial charge on any atom is -0.444 e. The number of hydrogen-bond donors (Lipinski definition) is 1. The van der Waals surface area contributed by atoms with Gasteiger partial charge in [-0.25, -0.2) is 4.79 Å². The number of piperidine rings is 1. The third-order valence-electron chi connectivity index (χ3n) is 4.31. The second kappa shape index (κ2) is 5.69. The number of carbonyl (C=O) groups excluding carboxylic acids is 1. The lowest BCUT2D eigenvalue weighted by molar-refractivity contribution is 0.0269. The van der Waals surface area contributed by atoms with Crippen LogP contribution in [0.4, 0.5) is 4.79 Å². The summed E-state index contributed by atoms with van der Waals surface area (Å²) in [5.74, 6) is 1.12. The van der Waals surface area contributed by atoms with Crippen LogP contribution in [-0.4, -0.2) is 35.7 Å². The van der Waals surface area contributed by atoms with Crippen LogP contribution in [0.5, 0.6) is 0 Å². The zero-order valence-corrected chi connectivity index (χ0v) is 15.0. The Balaban J connectivity index is 1.48. The quantitative estimate of drug-likeness (QED) is 0.905. The molecule has 1 aliphatic heterocycles. The fraction of sp³-hybridized carbons (Fsp3) is 0.688. The number of fused-ring (bicyclic) bond motifs is 1. The molecule has 3 atom stereocenters. The first-order valence-corrected chi connectivity index (χ1v) is 8.93. The van der Waals surface area contributed by atoms with E-state index in [4.69, 9.17) is 16.3 Å². The molecule has 0 aromatic carbocycles. The SMILES string of the molecule is CC(NC1C2CN(C(=O)OC(C)(C)C)CC21)c1ccc(Cl)s1. The zero-order valence-electron chi connectivity index (χ0n) is 13.4. The lowest BCUT2D eigenvalue weighted by Gasteiger charge is -2.26. The second-order valence-corrected chi connectivity index (χ2v) is 9.02. The average Bonchev–Trinajstić information content (AvgIpc) is 2.83. The van der Waals surface area contributed by atoms with E-state index in [2.05, 4.69) is 18.3 Å². The third-order valence-corrected chi connectivity index (χ3v) is 5.72. The summed E-state index contributed by atoms with van der Waals surface area (Å²) in [5.41, 5.74) is -0.422. The van der Waals surface area contributed by atoms with Gasteiger partial charge in [0.15, 0.2) is 0 Å². The minimum absolute atomic E-state index is 0.184. The van der Waals surface area contributed by atoms with Crippen molar-refractivity contribution < 1.29 is 9.53 Å². The summed E-state index contributed by atoms with van der Waals surface area (Å²) in [6, 6.07) is 4.84. The molecule has 0 bridgehead atoms. The van der Waals surface area contributed by atoms with Crippen molar-refractivity contribution >= 4 is 29.0 Å². The average molecular weight is 343 g/mol. The van der Waals surface area contributed by atoms with Crippen molar-refractivity contribution in [1.82, 2.24) is 10.2 Å². The Morgan fingerprint density at radius 3 is 2.55 bits per heavy atom. The number of halogens is 1. The molecule has 1 amide bonds. The van der Waals surface area contributed by atoms with E-state index in [1.54, 1.807) is 11.3 Å². The first-order chi connectivity index (χ1) is 10.2. The topological polar surface area (TPSA) is 41.6 Å². The van der Waals surface area contributed by atoms with Gasteiger partial charge in [-0.1, -0.05) is 11.6 Å². The Hall–Kier alpha value is -0.780. The largest absolute Gasteiger partial charge is 0.444 e. The number of nitrogens with zero attached hydrogens (tertiary/aromatic N) is 1. The van der Waals surface area contributed by atoms with Crippen LogP contribution in [-0.2, 0) is 4.74 Å². The second-order valence-electron chi connectivity index (χ2n) is 7.27. The number of amides is 1. The molecule has 0 spiro atoms. The van der Waals surface area contributed by atoms with Crippen molar-refractivity contribution in [1.29, 1.82) is 0 Å². The molecule has 1 saturated carbocycles. The number of carbonyl (C=O) groups is 1. The fourth-order valence-electron chi connectivity index (χ4n) is 3.18. The number of hydrogen-bond acceptors (Lipinski definition) is 4. The van der Waals surface area contributed by atoms with E-state index in [0.29, 0.717) is 23.9 Å². The molecular weight excluding hydrogens is 320 g/mol. The summed E-state index contributed by atoms with van der Waals surface area (Å²) in [6.07, 6.45) is -0.184. The van der Waals surface area contributed by atoms with Crippen LogP contribution in [0, 0.1) is 11.8 Å². The fourth-order valence-corrected chi connectivity index (χ4v) is 4.25. The van der Waals surface area contributed by atoms with Crippen molar-refractivity contribution in [2.24, 2.45) is 11.8 Å². The first-order valence-electron chi connectivity index (χ1n) is 7.74. The molecule has 4 nitrogen and oxygen atoms in total. The predicted octanol–water partition coefficient (Wildman–Crippen LogP) is 3.92. The van der Waals surface area contributed by atoms with Crippen molar-refractivity contribution in [3.63, 3.8) is 0 Å². The van der Waals surface area contributed by atoms with Gasteiger partial charge in [0.05, 0.1) is 4.34 Å². The summed E-state index contributed by atoms with van der Waals surface area (Å²) in [5, 5.41) is 3.67. The molecule has 1 N–H and O–H groups in total. The van der Waals surface area contributed by atoms with E-state index in [1.165, 1.54) is 4.88 Å². The molecule has 122 valence electrons. The predicted molar refractivity (Wildman–Crippen MR) is 89.5 cm³/mol. The van der Waals surface area contributed by atoms with Crippen LogP contribution in [0.3, 0.4) is 0 Å². The van der Waals surface area contributed by atoms with Gasteiger partial charge >= 0.3 is 6.09 Å². The van der Waals surface area contributed by atoms with Crippen LogP contribution < -0.4 is 5.32 Å². The number of ether oxygens (including phenoxy) is 1. The summed E-state index contributed by atoms with van der Waals surface area (Å²) >= 11 is 7.62. The Bertz CT molecular complexity index is 557. The zero-order chi connectivity index (χ0) is 16.1. The van der Waals surface area contributed by atoms with Crippen LogP contribution in [0.1, 0.15) is 38.6 Å². The van der Waals surface area contributed by atoms with Gasteiger partial charge in [0.1, 0.15) is 5.60 Å². The van der Waals surface area contributed by atoms with Crippen molar-refractivity contribution in [2.45, 2.75) is 45.4 Å². The van der Waals surface area contributed by atoms with Gasteiger partial charge in [-0.05, 0) is 51.7 Å². The van der Waals surface area contributed by atoms with Gasteiger partial charge in [-0.2, -0.15) is 0 Å². The van der Waals surface area contributed by atoms with E-state index in [1.807, 2.05) is 31.7 Å². The highest BCUT2D eigenvalue weighted by Gasteiger charge is 2.57. The number of nitrogens with one attached hydrogen (secondary N) is 1. The molecule has 2 fully saturated rings. The van der Waals surface area contributed by atoms with E-state index in [0.717, 1.165) is 17.4 Å². The van der Waals surface area contributed by atoms with E-state index >= 15 is 0 Å². The Morgan fingerprint density at radius 2 is 2.05 bits per heavy atom. The summed E-state index contributed by atoms with van der Waals surface area (Å²) in [7, 11) is 0. The molecule has 2 aliphatic rings. The maximum atomic E-state index is 12.1. The Kier molecular flexibility index (Phi) is 4.16. The smallest absolute Gasteiger partial charge is 0.410 e. The molecule has 1 aromatic rings. The van der Waals surface area contributed by atoms with Gasteiger partial charge in [0, 0.05) is 30.1 Å². The number of rotatable bonds is 3. The molecule has 1 aromatic heterocycles. The van der Waals surface area contributed by atoms with E-state index in [9.17, 15) is 4.79 Å². The normalized spacial score (nSPS) is 28.4. The maximum absolute atomic E-state index is 12.1. The van der Waals surface area contributed by atoms with Crippen molar-refractivity contribution in [3.8, 4) is 0 Å². The molecule has 1 aliphatic carbocycles. The molecule has 2 heterocycles. The highest BCUT2D eigenvalue weighted by Crippen LogP contribution is 2.47. The molecule has 6 heteroatoms.